The van der Waals surface area contributed by atoms with E-state index in [1.165, 1.54) is 24.3 Å². The van der Waals surface area contributed by atoms with Gasteiger partial charge in [0, 0.05) is 10.9 Å². The van der Waals surface area contributed by atoms with Crippen LogP contribution in [0.25, 0.3) is 10.8 Å². The van der Waals surface area contributed by atoms with Crippen LogP contribution in [-0.4, -0.2) is 29.5 Å². The number of aliphatic hydroxyl groups is 1. The lowest BCUT2D eigenvalue weighted by Gasteiger charge is -2.29. The first-order chi connectivity index (χ1) is 9.73. The highest BCUT2D eigenvalue weighted by Crippen LogP contribution is 2.43. The SMILES string of the molecule is COC(=O)[C@@](O)(c1ccc(O)c2ccccc12)C(F)(F)F. The molecule has 0 heterocycles. The minimum atomic E-state index is -5.28. The molecule has 2 aromatic rings. The topological polar surface area (TPSA) is 66.8 Å². The number of ether oxygens (including phenoxy) is 1. The molecule has 0 fully saturated rings. The van der Waals surface area contributed by atoms with Crippen LogP contribution >= 0.6 is 0 Å². The van der Waals surface area contributed by atoms with E-state index in [4.69, 9.17) is 0 Å². The maximum Gasteiger partial charge on any atom is 0.432 e. The maximum absolute atomic E-state index is 13.2. The average Bonchev–Trinajstić information content (AvgIpc) is 2.45. The van der Waals surface area contributed by atoms with Gasteiger partial charge < -0.3 is 14.9 Å². The van der Waals surface area contributed by atoms with E-state index in [-0.39, 0.29) is 16.5 Å². The van der Waals surface area contributed by atoms with Gasteiger partial charge in [-0.2, -0.15) is 13.2 Å². The number of esters is 1. The highest BCUT2D eigenvalue weighted by molar-refractivity contribution is 5.96. The van der Waals surface area contributed by atoms with Crippen molar-refractivity contribution in [2.24, 2.45) is 0 Å². The van der Waals surface area contributed by atoms with Gasteiger partial charge in [-0.25, -0.2) is 4.79 Å². The normalized spacial score (nSPS) is 14.7. The van der Waals surface area contributed by atoms with Crippen LogP contribution in [0.5, 0.6) is 5.75 Å². The van der Waals surface area contributed by atoms with Crippen molar-refractivity contribution in [3.05, 3.63) is 42.0 Å². The molecular weight excluding hydrogens is 289 g/mol. The molecule has 2 N–H and O–H groups in total. The fourth-order valence-electron chi connectivity index (χ4n) is 2.12. The highest BCUT2D eigenvalue weighted by Gasteiger charge is 2.62. The minimum Gasteiger partial charge on any atom is -0.507 e. The van der Waals surface area contributed by atoms with Crippen LogP contribution in [0.1, 0.15) is 5.56 Å². The summed E-state index contributed by atoms with van der Waals surface area (Å²) in [5.41, 5.74) is -4.51. The molecular formula is C14H11F3O4. The molecule has 0 saturated heterocycles. The van der Waals surface area contributed by atoms with Crippen LogP contribution in [0, 0.1) is 0 Å². The zero-order valence-corrected chi connectivity index (χ0v) is 10.8. The van der Waals surface area contributed by atoms with Gasteiger partial charge in [0.05, 0.1) is 7.11 Å². The largest absolute Gasteiger partial charge is 0.507 e. The summed E-state index contributed by atoms with van der Waals surface area (Å²) in [4.78, 5) is 11.6. The van der Waals surface area contributed by atoms with Gasteiger partial charge in [0.25, 0.3) is 5.60 Å². The van der Waals surface area contributed by atoms with Gasteiger partial charge in [0.15, 0.2) is 0 Å². The highest BCUT2D eigenvalue weighted by atomic mass is 19.4. The Balaban J connectivity index is 2.85. The molecule has 0 spiro atoms. The van der Waals surface area contributed by atoms with E-state index in [2.05, 4.69) is 4.74 Å². The number of phenols is 1. The number of hydrogen-bond acceptors (Lipinski definition) is 4. The summed E-state index contributed by atoms with van der Waals surface area (Å²) >= 11 is 0. The standard InChI is InChI=1S/C14H11F3O4/c1-21-12(19)13(20,14(15,16)17)10-6-7-11(18)9-5-3-2-4-8(9)10/h2-7,18,20H,1H3/t13-/m0/s1. The number of carbonyl (C=O) groups excluding carboxylic acids is 1. The minimum absolute atomic E-state index is 0.0848. The van der Waals surface area contributed by atoms with Crippen LogP contribution in [0.4, 0.5) is 13.2 Å². The van der Waals surface area contributed by atoms with E-state index in [9.17, 15) is 28.2 Å². The summed E-state index contributed by atoms with van der Waals surface area (Å²) < 4.78 is 43.8. The Hall–Kier alpha value is -2.28. The van der Waals surface area contributed by atoms with Crippen LogP contribution in [-0.2, 0) is 15.1 Å². The van der Waals surface area contributed by atoms with Gasteiger partial charge in [-0.1, -0.05) is 30.3 Å². The third-order valence-corrected chi connectivity index (χ3v) is 3.18. The van der Waals surface area contributed by atoms with E-state index < -0.39 is 23.3 Å². The number of rotatable bonds is 2. The Morgan fingerprint density at radius 3 is 2.19 bits per heavy atom. The summed E-state index contributed by atoms with van der Waals surface area (Å²) in [5.74, 6) is -2.10. The third kappa shape index (κ3) is 2.19. The van der Waals surface area contributed by atoms with E-state index in [1.54, 1.807) is 0 Å². The second-order valence-corrected chi connectivity index (χ2v) is 4.38. The zero-order valence-electron chi connectivity index (χ0n) is 10.8. The van der Waals surface area contributed by atoms with Gasteiger partial charge in [-0.15, -0.1) is 0 Å². The van der Waals surface area contributed by atoms with Crippen molar-refractivity contribution in [2.45, 2.75) is 11.8 Å². The van der Waals surface area contributed by atoms with Gasteiger partial charge in [-0.05, 0) is 11.5 Å². The van der Waals surface area contributed by atoms with Crippen molar-refractivity contribution in [1.29, 1.82) is 0 Å². The zero-order chi connectivity index (χ0) is 15.8. The lowest BCUT2D eigenvalue weighted by atomic mass is 9.88. The first-order valence-electron chi connectivity index (χ1n) is 5.82. The molecule has 2 aromatic carbocycles. The lowest BCUT2D eigenvalue weighted by Crippen LogP contribution is -2.50. The van der Waals surface area contributed by atoms with Gasteiger partial charge in [0.2, 0.25) is 0 Å². The molecule has 4 nitrogen and oxygen atoms in total. The van der Waals surface area contributed by atoms with E-state index in [0.717, 1.165) is 19.2 Å². The molecule has 21 heavy (non-hydrogen) atoms. The number of phenolic OH excluding ortho intramolecular Hbond substituents is 1. The molecule has 0 bridgehead atoms. The van der Waals surface area contributed by atoms with Crippen LogP contribution in [0.3, 0.4) is 0 Å². The number of hydrogen-bond donors (Lipinski definition) is 2. The van der Waals surface area contributed by atoms with Crippen LogP contribution < -0.4 is 0 Å². The number of benzene rings is 2. The van der Waals surface area contributed by atoms with Crippen molar-refractivity contribution in [1.82, 2.24) is 0 Å². The molecule has 7 heteroatoms. The predicted octanol–water partition coefficient (Wildman–Crippen LogP) is 2.47. The summed E-state index contributed by atoms with van der Waals surface area (Å²) in [6.07, 6.45) is -5.28. The first-order valence-corrected chi connectivity index (χ1v) is 5.82. The van der Waals surface area contributed by atoms with Crippen LogP contribution in [0.15, 0.2) is 36.4 Å². The molecule has 0 radical (unpaired) electrons. The second-order valence-electron chi connectivity index (χ2n) is 4.38. The molecule has 112 valence electrons. The molecule has 2 rings (SSSR count). The Bertz CT molecular complexity index is 696. The molecule has 0 aliphatic rings. The number of alkyl halides is 3. The summed E-state index contributed by atoms with van der Waals surface area (Å²) in [6.45, 7) is 0. The summed E-state index contributed by atoms with van der Waals surface area (Å²) in [7, 11) is 0.752. The quantitative estimate of drug-likeness (QED) is 0.836. The van der Waals surface area contributed by atoms with Crippen molar-refractivity contribution < 1.29 is 32.9 Å². The predicted molar refractivity (Wildman–Crippen MR) is 67.6 cm³/mol. The fourth-order valence-corrected chi connectivity index (χ4v) is 2.12. The van der Waals surface area contributed by atoms with Crippen molar-refractivity contribution in [2.75, 3.05) is 7.11 Å². The number of fused-ring (bicyclic) bond motifs is 1. The fraction of sp³-hybridized carbons (Fsp3) is 0.214. The van der Waals surface area contributed by atoms with Crippen molar-refractivity contribution >= 4 is 16.7 Å². The van der Waals surface area contributed by atoms with E-state index in [0.29, 0.717) is 0 Å². The van der Waals surface area contributed by atoms with Crippen molar-refractivity contribution in [3.63, 3.8) is 0 Å². The smallest absolute Gasteiger partial charge is 0.432 e. The monoisotopic (exact) mass is 300 g/mol. The molecule has 0 unspecified atom stereocenters. The Morgan fingerprint density at radius 2 is 1.67 bits per heavy atom. The Kier molecular flexibility index (Phi) is 3.54. The number of carbonyl (C=O) groups is 1. The Labute approximate surface area is 117 Å². The third-order valence-electron chi connectivity index (χ3n) is 3.18. The molecule has 0 aromatic heterocycles. The van der Waals surface area contributed by atoms with Crippen LogP contribution in [0.2, 0.25) is 0 Å². The molecule has 0 saturated carbocycles. The first kappa shape index (κ1) is 15.1. The van der Waals surface area contributed by atoms with Gasteiger partial charge >= 0.3 is 12.1 Å². The molecule has 1 atom stereocenters. The van der Waals surface area contributed by atoms with Gasteiger partial charge in [0.1, 0.15) is 5.75 Å². The number of aromatic hydroxyl groups is 1. The molecule has 0 aliphatic heterocycles. The average molecular weight is 300 g/mol. The molecule has 0 aliphatic carbocycles. The Morgan fingerprint density at radius 1 is 1.10 bits per heavy atom. The lowest BCUT2D eigenvalue weighted by molar-refractivity contribution is -0.266. The number of halogens is 3. The van der Waals surface area contributed by atoms with E-state index in [1.807, 2.05) is 0 Å². The van der Waals surface area contributed by atoms with Gasteiger partial charge in [-0.3, -0.25) is 0 Å². The van der Waals surface area contributed by atoms with Crippen molar-refractivity contribution in [3.8, 4) is 5.75 Å². The maximum atomic E-state index is 13.2. The molecule has 0 amide bonds. The summed E-state index contributed by atoms with van der Waals surface area (Å²) in [6, 6.07) is 7.42. The second kappa shape index (κ2) is 4.92. The number of methoxy groups -OCH3 is 1. The summed E-state index contributed by atoms with van der Waals surface area (Å²) in [5, 5.41) is 19.7. The van der Waals surface area contributed by atoms with E-state index >= 15 is 0 Å².